The Kier molecular flexibility index (Phi) is 46.2. The van der Waals surface area contributed by atoms with Gasteiger partial charge in [-0.15, -0.1) is 0 Å². The number of hydrogen-bond donors (Lipinski definition) is 0. The van der Waals surface area contributed by atoms with E-state index >= 15 is 0 Å². The molecule has 0 bridgehead atoms. The Morgan fingerprint density at radius 1 is 0.339 bits per heavy atom. The monoisotopic (exact) mass is 835 g/mol. The van der Waals surface area contributed by atoms with E-state index in [-0.39, 0.29) is 31.1 Å². The molecule has 0 saturated heterocycles. The Balaban J connectivity index is 4.28. The fraction of sp³-hybridized carbons (Fsp3) is 0.943. The van der Waals surface area contributed by atoms with Crippen molar-refractivity contribution in [3.8, 4) is 0 Å². The lowest BCUT2D eigenvalue weighted by atomic mass is 10.00. The number of ether oxygens (including phenoxy) is 3. The molecule has 0 aliphatic heterocycles. The maximum Gasteiger partial charge on any atom is 0.306 e. The van der Waals surface area contributed by atoms with Gasteiger partial charge in [0.05, 0.1) is 0 Å². The zero-order valence-corrected chi connectivity index (χ0v) is 40.2. The number of unbranched alkanes of at least 4 members (excludes halogenated alkanes) is 34. The SMILES string of the molecule is CCCCCCCCCCCCCCCCCCCC(=O)O[C@@H](COC(=O)CCCCCCCCCCCCCCCC)COC(=O)CCCCCCCCC(C)CC. The fourth-order valence-electron chi connectivity index (χ4n) is 8.01. The lowest BCUT2D eigenvalue weighted by molar-refractivity contribution is -0.167. The van der Waals surface area contributed by atoms with Crippen LogP contribution in [0.5, 0.6) is 0 Å². The Bertz CT molecular complexity index is 889. The summed E-state index contributed by atoms with van der Waals surface area (Å²) in [4.78, 5) is 37.9. The van der Waals surface area contributed by atoms with Gasteiger partial charge in [0.15, 0.2) is 6.10 Å². The van der Waals surface area contributed by atoms with Crippen LogP contribution in [0.4, 0.5) is 0 Å². The highest BCUT2D eigenvalue weighted by Gasteiger charge is 2.19. The van der Waals surface area contributed by atoms with Crippen molar-refractivity contribution in [3.63, 3.8) is 0 Å². The first-order valence-electron chi connectivity index (χ1n) is 26.4. The smallest absolute Gasteiger partial charge is 0.306 e. The fourth-order valence-corrected chi connectivity index (χ4v) is 8.01. The quantitative estimate of drug-likeness (QED) is 0.0345. The number of rotatable bonds is 48. The Hall–Kier alpha value is -1.59. The first kappa shape index (κ1) is 57.4. The van der Waals surface area contributed by atoms with Crippen LogP contribution in [0.1, 0.15) is 297 Å². The second kappa shape index (κ2) is 47.5. The minimum absolute atomic E-state index is 0.0633. The molecule has 0 radical (unpaired) electrons. The van der Waals surface area contributed by atoms with Crippen molar-refractivity contribution < 1.29 is 28.6 Å². The van der Waals surface area contributed by atoms with Gasteiger partial charge >= 0.3 is 17.9 Å². The molecule has 0 aliphatic carbocycles. The molecule has 0 amide bonds. The molecule has 0 fully saturated rings. The van der Waals surface area contributed by atoms with E-state index in [2.05, 4.69) is 27.7 Å². The van der Waals surface area contributed by atoms with Gasteiger partial charge in [0, 0.05) is 19.3 Å². The van der Waals surface area contributed by atoms with Crippen molar-refractivity contribution in [2.75, 3.05) is 13.2 Å². The number of carbonyl (C=O) groups excluding carboxylic acids is 3. The van der Waals surface area contributed by atoms with Crippen LogP contribution in [0.25, 0.3) is 0 Å². The van der Waals surface area contributed by atoms with Crippen molar-refractivity contribution in [2.24, 2.45) is 5.92 Å². The lowest BCUT2D eigenvalue weighted by Gasteiger charge is -2.18. The molecule has 0 aromatic rings. The van der Waals surface area contributed by atoms with Gasteiger partial charge in [0.2, 0.25) is 0 Å². The topological polar surface area (TPSA) is 78.9 Å². The first-order chi connectivity index (χ1) is 28.9. The van der Waals surface area contributed by atoms with E-state index in [1.807, 2.05) is 0 Å². The molecule has 59 heavy (non-hydrogen) atoms. The van der Waals surface area contributed by atoms with E-state index in [9.17, 15) is 14.4 Å². The summed E-state index contributed by atoms with van der Waals surface area (Å²) in [7, 11) is 0. The molecule has 2 atom stereocenters. The highest BCUT2D eigenvalue weighted by atomic mass is 16.6. The summed E-state index contributed by atoms with van der Waals surface area (Å²) in [6.07, 6.45) is 49.5. The molecule has 0 spiro atoms. The summed E-state index contributed by atoms with van der Waals surface area (Å²) in [5.74, 6) is -0.0318. The molecule has 6 nitrogen and oxygen atoms in total. The minimum Gasteiger partial charge on any atom is -0.462 e. The van der Waals surface area contributed by atoms with Crippen molar-refractivity contribution in [3.05, 3.63) is 0 Å². The van der Waals surface area contributed by atoms with Crippen LogP contribution in [-0.4, -0.2) is 37.2 Å². The second-order valence-electron chi connectivity index (χ2n) is 18.4. The number of hydrogen-bond acceptors (Lipinski definition) is 6. The van der Waals surface area contributed by atoms with Gasteiger partial charge in [-0.1, -0.05) is 259 Å². The zero-order valence-electron chi connectivity index (χ0n) is 40.2. The van der Waals surface area contributed by atoms with Crippen molar-refractivity contribution in [2.45, 2.75) is 303 Å². The Morgan fingerprint density at radius 3 is 0.881 bits per heavy atom. The van der Waals surface area contributed by atoms with Gasteiger partial charge in [-0.3, -0.25) is 14.4 Å². The molecule has 0 heterocycles. The zero-order chi connectivity index (χ0) is 43.1. The van der Waals surface area contributed by atoms with Gasteiger partial charge in [0.25, 0.3) is 0 Å². The summed E-state index contributed by atoms with van der Waals surface area (Å²) < 4.78 is 16.8. The van der Waals surface area contributed by atoms with Crippen LogP contribution < -0.4 is 0 Å². The Labute approximate surface area is 368 Å². The van der Waals surface area contributed by atoms with Gasteiger partial charge in [0.1, 0.15) is 13.2 Å². The van der Waals surface area contributed by atoms with Crippen LogP contribution in [0.15, 0.2) is 0 Å². The molecule has 0 rings (SSSR count). The largest absolute Gasteiger partial charge is 0.462 e. The van der Waals surface area contributed by atoms with Gasteiger partial charge in [-0.05, 0) is 25.2 Å². The minimum atomic E-state index is -0.761. The summed E-state index contributed by atoms with van der Waals surface area (Å²) >= 11 is 0. The molecular formula is C53H102O6. The average Bonchev–Trinajstić information content (AvgIpc) is 3.23. The van der Waals surface area contributed by atoms with Crippen LogP contribution in [0.3, 0.4) is 0 Å². The third-order valence-electron chi connectivity index (χ3n) is 12.4. The predicted octanol–water partition coefficient (Wildman–Crippen LogP) is 17.1. The van der Waals surface area contributed by atoms with E-state index in [4.69, 9.17) is 14.2 Å². The van der Waals surface area contributed by atoms with Crippen molar-refractivity contribution in [1.29, 1.82) is 0 Å². The molecule has 0 saturated carbocycles. The first-order valence-corrected chi connectivity index (χ1v) is 26.4. The molecule has 0 aliphatic rings. The van der Waals surface area contributed by atoms with Gasteiger partial charge in [-0.25, -0.2) is 0 Å². The summed E-state index contributed by atoms with van der Waals surface area (Å²) in [6, 6.07) is 0. The maximum absolute atomic E-state index is 12.8. The molecule has 350 valence electrons. The van der Waals surface area contributed by atoms with Crippen molar-refractivity contribution >= 4 is 17.9 Å². The third kappa shape index (κ3) is 45.8. The maximum atomic E-state index is 12.8. The third-order valence-corrected chi connectivity index (χ3v) is 12.4. The van der Waals surface area contributed by atoms with Crippen LogP contribution in [0, 0.1) is 5.92 Å². The van der Waals surface area contributed by atoms with Crippen LogP contribution in [-0.2, 0) is 28.6 Å². The molecule has 0 N–H and O–H groups in total. The average molecular weight is 835 g/mol. The standard InChI is InChI=1S/C53H102O6/c1-5-8-10-12-14-16-18-20-22-23-24-26-28-30-32-38-42-46-53(56)59-50(48-58-52(55)45-41-37-34-33-35-39-43-49(4)7-3)47-57-51(54)44-40-36-31-29-27-25-21-19-17-15-13-11-9-6-2/h49-50H,5-48H2,1-4H3/t49?,50-/m0/s1. The molecule has 1 unspecified atom stereocenters. The number of esters is 3. The number of carbonyl (C=O) groups is 3. The molecule has 0 aromatic carbocycles. The summed E-state index contributed by atoms with van der Waals surface area (Å²) in [5, 5.41) is 0. The van der Waals surface area contributed by atoms with Crippen molar-refractivity contribution in [1.82, 2.24) is 0 Å². The van der Waals surface area contributed by atoms with Crippen LogP contribution in [0.2, 0.25) is 0 Å². The summed E-state index contributed by atoms with van der Waals surface area (Å²) in [5.41, 5.74) is 0. The van der Waals surface area contributed by atoms with Gasteiger partial charge < -0.3 is 14.2 Å². The van der Waals surface area contributed by atoms with Crippen LogP contribution >= 0.6 is 0 Å². The normalized spacial score (nSPS) is 12.4. The van der Waals surface area contributed by atoms with E-state index < -0.39 is 6.10 Å². The highest BCUT2D eigenvalue weighted by molar-refractivity contribution is 5.71. The van der Waals surface area contributed by atoms with E-state index in [1.54, 1.807) is 0 Å². The molecule has 6 heteroatoms. The van der Waals surface area contributed by atoms with Gasteiger partial charge in [-0.2, -0.15) is 0 Å². The summed E-state index contributed by atoms with van der Waals surface area (Å²) in [6.45, 7) is 9.01. The second-order valence-corrected chi connectivity index (χ2v) is 18.4. The van der Waals surface area contributed by atoms with E-state index in [1.165, 1.54) is 193 Å². The van der Waals surface area contributed by atoms with E-state index in [0.29, 0.717) is 19.3 Å². The van der Waals surface area contributed by atoms with E-state index in [0.717, 1.165) is 63.7 Å². The highest BCUT2D eigenvalue weighted by Crippen LogP contribution is 2.18. The predicted molar refractivity (Wildman–Crippen MR) is 252 cm³/mol. The molecule has 0 aromatic heterocycles. The lowest BCUT2D eigenvalue weighted by Crippen LogP contribution is -2.30. The Morgan fingerprint density at radius 2 is 0.593 bits per heavy atom. The molecular weight excluding hydrogens is 733 g/mol.